The van der Waals surface area contributed by atoms with Gasteiger partial charge in [-0.25, -0.2) is 0 Å². The van der Waals surface area contributed by atoms with Gasteiger partial charge in [0.25, 0.3) is 0 Å². The highest BCUT2D eigenvalue weighted by molar-refractivity contribution is 5.76. The van der Waals surface area contributed by atoms with Crippen LogP contribution in [0, 0.1) is 5.92 Å². The third kappa shape index (κ3) is 3.42. The Balaban J connectivity index is 1.66. The summed E-state index contributed by atoms with van der Waals surface area (Å²) in [6.07, 6.45) is 1.64. The summed E-state index contributed by atoms with van der Waals surface area (Å²) in [6, 6.07) is 5.90. The number of hydrogen-bond donors (Lipinski definition) is 1. The molecule has 0 saturated carbocycles. The molecular weight excluding hydrogens is 280 g/mol. The number of fused-ring (bicyclic) bond motifs is 1. The summed E-state index contributed by atoms with van der Waals surface area (Å²) in [4.78, 5) is 15.8. The zero-order chi connectivity index (χ0) is 15.5. The lowest BCUT2D eigenvalue weighted by Gasteiger charge is -2.33. The molecule has 0 radical (unpaired) electrons. The molecule has 1 aromatic carbocycles. The Morgan fingerprint density at radius 1 is 1.41 bits per heavy atom. The first-order valence-corrected chi connectivity index (χ1v) is 7.97. The maximum Gasteiger partial charge on any atom is 0.222 e. The van der Waals surface area contributed by atoms with Crippen molar-refractivity contribution in [3.63, 3.8) is 0 Å². The molecule has 3 rings (SSSR count). The molecular formula is C17H24N2O3. The lowest BCUT2D eigenvalue weighted by atomic mass is 9.97. The first-order chi connectivity index (χ1) is 10.7. The van der Waals surface area contributed by atoms with Crippen LogP contribution >= 0.6 is 0 Å². The van der Waals surface area contributed by atoms with Gasteiger partial charge in [0.2, 0.25) is 5.91 Å². The van der Waals surface area contributed by atoms with Gasteiger partial charge < -0.3 is 14.7 Å². The predicted molar refractivity (Wildman–Crippen MR) is 83.5 cm³/mol. The van der Waals surface area contributed by atoms with E-state index in [1.165, 1.54) is 0 Å². The van der Waals surface area contributed by atoms with Crippen LogP contribution in [0.5, 0.6) is 5.75 Å². The Morgan fingerprint density at radius 2 is 2.27 bits per heavy atom. The maximum atomic E-state index is 11.6. The van der Waals surface area contributed by atoms with E-state index in [0.29, 0.717) is 18.9 Å². The minimum atomic E-state index is 0.0583. The Kier molecular flexibility index (Phi) is 4.64. The largest absolute Gasteiger partial charge is 0.492 e. The lowest BCUT2D eigenvalue weighted by Crippen LogP contribution is -2.42. The maximum absolute atomic E-state index is 11.6. The number of rotatable bonds is 3. The third-order valence-corrected chi connectivity index (χ3v) is 4.61. The van der Waals surface area contributed by atoms with Crippen LogP contribution < -0.4 is 4.74 Å². The van der Waals surface area contributed by atoms with Crippen molar-refractivity contribution >= 4 is 5.91 Å². The van der Waals surface area contributed by atoms with Crippen LogP contribution in [0.25, 0.3) is 0 Å². The number of likely N-dealkylation sites (tertiary alicyclic amines) is 1. The zero-order valence-electron chi connectivity index (χ0n) is 13.1. The van der Waals surface area contributed by atoms with Crippen LogP contribution in [0.3, 0.4) is 0 Å². The van der Waals surface area contributed by atoms with Crippen molar-refractivity contribution in [2.45, 2.75) is 26.0 Å². The summed E-state index contributed by atoms with van der Waals surface area (Å²) in [5.41, 5.74) is 2.07. The van der Waals surface area contributed by atoms with Gasteiger partial charge in [0.05, 0.1) is 6.61 Å². The lowest BCUT2D eigenvalue weighted by molar-refractivity contribution is -0.133. The van der Waals surface area contributed by atoms with Crippen molar-refractivity contribution in [1.29, 1.82) is 0 Å². The van der Waals surface area contributed by atoms with Gasteiger partial charge in [0.15, 0.2) is 0 Å². The molecule has 1 fully saturated rings. The number of benzene rings is 1. The monoisotopic (exact) mass is 304 g/mol. The SMILES string of the molecule is CN1CC(CN2CCOc3ccc(CO)cc3C2)CCC1=O. The summed E-state index contributed by atoms with van der Waals surface area (Å²) in [5, 5.41) is 9.30. The van der Waals surface area contributed by atoms with E-state index >= 15 is 0 Å². The smallest absolute Gasteiger partial charge is 0.222 e. The fraction of sp³-hybridized carbons (Fsp3) is 0.588. The average molecular weight is 304 g/mol. The Morgan fingerprint density at radius 3 is 3.05 bits per heavy atom. The van der Waals surface area contributed by atoms with Crippen molar-refractivity contribution < 1.29 is 14.6 Å². The molecule has 0 bridgehead atoms. The fourth-order valence-electron chi connectivity index (χ4n) is 3.37. The number of aliphatic hydroxyl groups excluding tert-OH is 1. The van der Waals surface area contributed by atoms with E-state index in [4.69, 9.17) is 4.74 Å². The topological polar surface area (TPSA) is 53.0 Å². The van der Waals surface area contributed by atoms with Gasteiger partial charge >= 0.3 is 0 Å². The molecule has 5 heteroatoms. The van der Waals surface area contributed by atoms with E-state index in [2.05, 4.69) is 4.90 Å². The van der Waals surface area contributed by atoms with Gasteiger partial charge in [-0.2, -0.15) is 0 Å². The first kappa shape index (κ1) is 15.3. The van der Waals surface area contributed by atoms with E-state index < -0.39 is 0 Å². The molecule has 1 atom stereocenters. The van der Waals surface area contributed by atoms with Crippen LogP contribution in [0.15, 0.2) is 18.2 Å². The molecule has 2 aliphatic heterocycles. The molecule has 0 aromatic heterocycles. The van der Waals surface area contributed by atoms with E-state index in [0.717, 1.165) is 49.5 Å². The summed E-state index contributed by atoms with van der Waals surface area (Å²) in [7, 11) is 1.89. The van der Waals surface area contributed by atoms with E-state index in [1.807, 2.05) is 30.1 Å². The Hall–Kier alpha value is -1.59. The van der Waals surface area contributed by atoms with Crippen molar-refractivity contribution in [3.8, 4) is 5.75 Å². The zero-order valence-corrected chi connectivity index (χ0v) is 13.1. The van der Waals surface area contributed by atoms with Crippen LogP contribution in [-0.4, -0.2) is 54.1 Å². The molecule has 22 heavy (non-hydrogen) atoms. The second-order valence-electron chi connectivity index (χ2n) is 6.36. The number of aliphatic hydroxyl groups is 1. The number of nitrogens with zero attached hydrogens (tertiary/aromatic N) is 2. The van der Waals surface area contributed by atoms with Crippen molar-refractivity contribution in [3.05, 3.63) is 29.3 Å². The minimum absolute atomic E-state index is 0.0583. The standard InChI is InChI=1S/C17H24N2O3/c1-18-9-14(3-5-17(18)21)10-19-6-7-22-16-4-2-13(12-20)8-15(16)11-19/h2,4,8,14,20H,3,5-7,9-12H2,1H3. The highest BCUT2D eigenvalue weighted by atomic mass is 16.5. The summed E-state index contributed by atoms with van der Waals surface area (Å²) in [6.45, 7) is 4.33. The average Bonchev–Trinajstić information content (AvgIpc) is 2.71. The fourth-order valence-corrected chi connectivity index (χ4v) is 3.37. The van der Waals surface area contributed by atoms with Crippen LogP contribution in [0.1, 0.15) is 24.0 Å². The molecule has 120 valence electrons. The van der Waals surface area contributed by atoms with Crippen molar-refractivity contribution in [1.82, 2.24) is 9.80 Å². The summed E-state index contributed by atoms with van der Waals surface area (Å²) in [5.74, 6) is 1.72. The van der Waals surface area contributed by atoms with Crippen LogP contribution in [-0.2, 0) is 17.9 Å². The molecule has 5 nitrogen and oxygen atoms in total. The number of ether oxygens (including phenoxy) is 1. The van der Waals surface area contributed by atoms with Gasteiger partial charge in [-0.15, -0.1) is 0 Å². The molecule has 0 aliphatic carbocycles. The van der Waals surface area contributed by atoms with Crippen molar-refractivity contribution in [2.75, 3.05) is 33.3 Å². The van der Waals surface area contributed by atoms with Crippen molar-refractivity contribution in [2.24, 2.45) is 5.92 Å². The number of carbonyl (C=O) groups is 1. The Labute approximate surface area is 131 Å². The van der Waals surface area contributed by atoms with E-state index in [9.17, 15) is 9.90 Å². The van der Waals surface area contributed by atoms with Gasteiger partial charge in [-0.1, -0.05) is 6.07 Å². The van der Waals surface area contributed by atoms with Crippen LogP contribution in [0.4, 0.5) is 0 Å². The van der Waals surface area contributed by atoms with Gasteiger partial charge in [-0.3, -0.25) is 9.69 Å². The number of piperidine rings is 1. The van der Waals surface area contributed by atoms with E-state index in [-0.39, 0.29) is 12.5 Å². The third-order valence-electron chi connectivity index (χ3n) is 4.61. The summed E-state index contributed by atoms with van der Waals surface area (Å²) < 4.78 is 5.82. The second-order valence-corrected chi connectivity index (χ2v) is 6.36. The first-order valence-electron chi connectivity index (χ1n) is 7.97. The van der Waals surface area contributed by atoms with Gasteiger partial charge in [0.1, 0.15) is 12.4 Å². The van der Waals surface area contributed by atoms with Gasteiger partial charge in [-0.05, 0) is 30.0 Å². The molecule has 0 spiro atoms. The van der Waals surface area contributed by atoms with E-state index in [1.54, 1.807) is 0 Å². The highest BCUT2D eigenvalue weighted by Gasteiger charge is 2.25. The highest BCUT2D eigenvalue weighted by Crippen LogP contribution is 2.26. The molecule has 2 aliphatic rings. The summed E-state index contributed by atoms with van der Waals surface area (Å²) >= 11 is 0. The number of amides is 1. The molecule has 2 heterocycles. The normalized spacial score (nSPS) is 22.9. The predicted octanol–water partition coefficient (Wildman–Crippen LogP) is 1.24. The molecule has 1 saturated heterocycles. The molecule has 1 amide bonds. The second kappa shape index (κ2) is 6.67. The molecule has 1 N–H and O–H groups in total. The quantitative estimate of drug-likeness (QED) is 0.913. The van der Waals surface area contributed by atoms with Crippen LogP contribution in [0.2, 0.25) is 0 Å². The number of hydrogen-bond acceptors (Lipinski definition) is 4. The molecule has 1 aromatic rings. The van der Waals surface area contributed by atoms with Gasteiger partial charge in [0, 0.05) is 45.2 Å². The number of carbonyl (C=O) groups excluding carboxylic acids is 1. The Bertz CT molecular complexity index is 547. The minimum Gasteiger partial charge on any atom is -0.492 e. The molecule has 1 unspecified atom stereocenters.